The fourth-order valence-corrected chi connectivity index (χ4v) is 5.51. The summed E-state index contributed by atoms with van der Waals surface area (Å²) in [5.41, 5.74) is 0. The van der Waals surface area contributed by atoms with Crippen molar-refractivity contribution in [1.29, 1.82) is 0 Å². The number of pyridine rings is 1. The lowest BCUT2D eigenvalue weighted by Gasteiger charge is -2.27. The molecule has 140 valence electrons. The molecule has 0 amide bonds. The molecule has 0 bridgehead atoms. The van der Waals surface area contributed by atoms with Crippen LogP contribution in [0.4, 0.5) is 5.82 Å². The maximum absolute atomic E-state index is 11.7. The predicted octanol–water partition coefficient (Wildman–Crippen LogP) is -0.716. The predicted molar refractivity (Wildman–Crippen MR) is 97.2 cm³/mol. The minimum atomic E-state index is -2.96. The highest BCUT2D eigenvalue weighted by Gasteiger charge is 2.33. The minimum Gasteiger partial charge on any atom is -0.413 e. The number of hydrogen-bond acceptors (Lipinski definition) is 6. The largest absolute Gasteiger partial charge is 0.413 e. The zero-order valence-corrected chi connectivity index (χ0v) is 16.1. The van der Waals surface area contributed by atoms with E-state index in [1.165, 1.54) is 4.90 Å². The van der Waals surface area contributed by atoms with Gasteiger partial charge >= 0.3 is 0 Å². The first-order chi connectivity index (χ1) is 12.5. The summed E-state index contributed by atoms with van der Waals surface area (Å²) in [6, 6.07) is 6.09. The van der Waals surface area contributed by atoms with Crippen LogP contribution >= 0.6 is 12.2 Å². The number of nitrogens with one attached hydrogen (secondary N) is 2. The number of piperazine rings is 1. The van der Waals surface area contributed by atoms with Crippen molar-refractivity contribution < 1.29 is 22.7 Å². The lowest BCUT2D eigenvalue weighted by atomic mass is 10.1. The number of aromatic amines is 1. The van der Waals surface area contributed by atoms with Gasteiger partial charge in [0.15, 0.2) is 16.5 Å². The van der Waals surface area contributed by atoms with E-state index in [0.717, 1.165) is 32.0 Å². The Bertz CT molecular complexity index is 917. The molecule has 0 aromatic carbocycles. The number of quaternary nitrogens is 1. The van der Waals surface area contributed by atoms with Crippen molar-refractivity contribution in [2.24, 2.45) is 0 Å². The number of H-pyrrole nitrogens is 1. The summed E-state index contributed by atoms with van der Waals surface area (Å²) >= 11 is 5.29. The van der Waals surface area contributed by atoms with Gasteiger partial charge in [-0.3, -0.25) is 4.90 Å². The van der Waals surface area contributed by atoms with Crippen LogP contribution in [0, 0.1) is 4.84 Å². The van der Waals surface area contributed by atoms with Crippen LogP contribution in [-0.2, 0) is 16.5 Å². The van der Waals surface area contributed by atoms with Crippen LogP contribution in [0.2, 0.25) is 0 Å². The van der Waals surface area contributed by atoms with E-state index < -0.39 is 9.84 Å². The maximum atomic E-state index is 11.7. The lowest BCUT2D eigenvalue weighted by Crippen LogP contribution is -3.14. The molecule has 2 N–H and O–H groups in total. The summed E-state index contributed by atoms with van der Waals surface area (Å²) in [6.45, 7) is 4.51. The molecule has 8 nitrogen and oxygen atoms in total. The molecule has 0 radical (unpaired) electrons. The van der Waals surface area contributed by atoms with Crippen molar-refractivity contribution in [3.63, 3.8) is 0 Å². The topological polar surface area (TPSA) is 86.9 Å². The van der Waals surface area contributed by atoms with Gasteiger partial charge in [0.2, 0.25) is 5.89 Å². The smallest absolute Gasteiger partial charge is 0.291 e. The van der Waals surface area contributed by atoms with Gasteiger partial charge in [0, 0.05) is 6.07 Å². The standard InChI is InChI=1S/C16H21N5O3S2/c22-26(23)10-4-13(11-26)15-18-21(16(25)24-15)12-19-6-8-20(9-7-19)14-3-1-2-5-17-14/h1-3,5,13H,4,6-12H2/p+2/t13-/m1/s1. The molecule has 2 saturated heterocycles. The molecule has 2 aliphatic rings. The quantitative estimate of drug-likeness (QED) is 0.686. The molecular weight excluding hydrogens is 374 g/mol. The third-order valence-electron chi connectivity index (χ3n) is 5.08. The van der Waals surface area contributed by atoms with Crippen LogP contribution in [-0.4, -0.2) is 55.9 Å². The molecule has 26 heavy (non-hydrogen) atoms. The molecule has 0 aliphatic carbocycles. The molecule has 10 heteroatoms. The SMILES string of the molecule is O=S1(=O)CC[C@@H](c2nn(C[NH+]3CCN(c4cccc[nH+]4)CC3)c(=S)o2)C1. The van der Waals surface area contributed by atoms with E-state index in [0.29, 0.717) is 23.8 Å². The van der Waals surface area contributed by atoms with Gasteiger partial charge in [-0.05, 0) is 24.7 Å². The first-order valence-electron chi connectivity index (χ1n) is 8.84. The van der Waals surface area contributed by atoms with Gasteiger partial charge in [0.05, 0.1) is 23.6 Å². The molecule has 0 spiro atoms. The Morgan fingerprint density at radius 1 is 1.35 bits per heavy atom. The Labute approximate surface area is 157 Å². The maximum Gasteiger partial charge on any atom is 0.291 e. The van der Waals surface area contributed by atoms with Crippen molar-refractivity contribution >= 4 is 27.9 Å². The molecule has 4 rings (SSSR count). The molecule has 2 aromatic heterocycles. The van der Waals surface area contributed by atoms with Crippen molar-refractivity contribution in [3.05, 3.63) is 35.1 Å². The second-order valence-corrected chi connectivity index (χ2v) is 9.53. The van der Waals surface area contributed by atoms with E-state index in [-0.39, 0.29) is 17.4 Å². The number of rotatable bonds is 4. The molecule has 1 atom stereocenters. The summed E-state index contributed by atoms with van der Waals surface area (Å²) in [6.07, 6.45) is 2.50. The highest BCUT2D eigenvalue weighted by Crippen LogP contribution is 2.27. The molecule has 2 fully saturated rings. The lowest BCUT2D eigenvalue weighted by molar-refractivity contribution is -0.924. The summed E-state index contributed by atoms with van der Waals surface area (Å²) in [5.74, 6) is 1.75. The van der Waals surface area contributed by atoms with E-state index in [1.54, 1.807) is 4.68 Å². The first kappa shape index (κ1) is 17.6. The van der Waals surface area contributed by atoms with Gasteiger partial charge in [-0.1, -0.05) is 6.07 Å². The Hall–Kier alpha value is -1.78. The molecule has 0 saturated carbocycles. The number of hydrogen-bond donors (Lipinski definition) is 1. The van der Waals surface area contributed by atoms with Crippen molar-refractivity contribution in [2.75, 3.05) is 42.6 Å². The summed E-state index contributed by atoms with van der Waals surface area (Å²) in [5, 5.41) is 4.47. The third kappa shape index (κ3) is 3.81. The van der Waals surface area contributed by atoms with Crippen molar-refractivity contribution in [1.82, 2.24) is 9.78 Å². The summed E-state index contributed by atoms with van der Waals surface area (Å²) in [7, 11) is -2.96. The molecule has 0 unspecified atom stereocenters. The normalized spacial score (nSPS) is 23.4. The Kier molecular flexibility index (Phi) is 4.80. The van der Waals surface area contributed by atoms with Crippen LogP contribution in [0.3, 0.4) is 0 Å². The number of aromatic nitrogens is 3. The van der Waals surface area contributed by atoms with E-state index in [4.69, 9.17) is 16.6 Å². The third-order valence-corrected chi connectivity index (χ3v) is 7.14. The van der Waals surface area contributed by atoms with Gasteiger partial charge in [-0.25, -0.2) is 13.4 Å². The van der Waals surface area contributed by atoms with Crippen LogP contribution in [0.5, 0.6) is 0 Å². The Morgan fingerprint density at radius 3 is 2.81 bits per heavy atom. The molecule has 2 aromatic rings. The summed E-state index contributed by atoms with van der Waals surface area (Å²) < 4.78 is 30.6. The van der Waals surface area contributed by atoms with E-state index in [2.05, 4.69) is 21.0 Å². The van der Waals surface area contributed by atoms with Gasteiger partial charge in [0.25, 0.3) is 10.7 Å². The van der Waals surface area contributed by atoms with Gasteiger partial charge in [0.1, 0.15) is 26.2 Å². The highest BCUT2D eigenvalue weighted by atomic mass is 32.2. The van der Waals surface area contributed by atoms with Crippen LogP contribution in [0.1, 0.15) is 18.2 Å². The number of nitrogens with zero attached hydrogens (tertiary/aromatic N) is 3. The zero-order valence-electron chi connectivity index (χ0n) is 14.4. The van der Waals surface area contributed by atoms with Crippen LogP contribution < -0.4 is 14.8 Å². The average molecular weight is 398 g/mol. The Morgan fingerprint density at radius 2 is 2.15 bits per heavy atom. The van der Waals surface area contributed by atoms with Gasteiger partial charge < -0.3 is 9.32 Å². The highest BCUT2D eigenvalue weighted by molar-refractivity contribution is 7.91. The van der Waals surface area contributed by atoms with Crippen LogP contribution in [0.25, 0.3) is 0 Å². The fourth-order valence-electron chi connectivity index (χ4n) is 3.59. The second-order valence-electron chi connectivity index (χ2n) is 6.95. The van der Waals surface area contributed by atoms with E-state index in [1.807, 2.05) is 18.3 Å². The molecule has 4 heterocycles. The van der Waals surface area contributed by atoms with Crippen molar-refractivity contribution in [2.45, 2.75) is 19.0 Å². The van der Waals surface area contributed by atoms with Crippen LogP contribution in [0.15, 0.2) is 28.8 Å². The molecular formula is C16H23N5O3S2+2. The van der Waals surface area contributed by atoms with Gasteiger partial charge in [-0.2, -0.15) is 4.68 Å². The second kappa shape index (κ2) is 7.09. The summed E-state index contributed by atoms with van der Waals surface area (Å²) in [4.78, 5) is 7.32. The van der Waals surface area contributed by atoms with E-state index in [9.17, 15) is 8.42 Å². The average Bonchev–Trinajstić information content (AvgIpc) is 3.19. The number of sulfone groups is 1. The first-order valence-corrected chi connectivity index (χ1v) is 11.1. The van der Waals surface area contributed by atoms with E-state index >= 15 is 0 Å². The number of anilines is 1. The minimum absolute atomic E-state index is 0.112. The monoisotopic (exact) mass is 397 g/mol. The van der Waals surface area contributed by atoms with Gasteiger partial charge in [-0.15, -0.1) is 5.10 Å². The molecule has 2 aliphatic heterocycles. The fraction of sp³-hybridized carbons (Fsp3) is 0.562. The zero-order chi connectivity index (χ0) is 18.1. The Balaban J connectivity index is 1.38. The van der Waals surface area contributed by atoms with Crippen molar-refractivity contribution in [3.8, 4) is 0 Å².